The summed E-state index contributed by atoms with van der Waals surface area (Å²) in [5.74, 6) is 0.211. The van der Waals surface area contributed by atoms with Gasteiger partial charge >= 0.3 is 5.97 Å². The Morgan fingerprint density at radius 1 is 1.17 bits per heavy atom. The van der Waals surface area contributed by atoms with Crippen molar-refractivity contribution in [2.45, 2.75) is 19.9 Å². The number of carbonyl (C=O) groups is 2. The molecule has 150 valence electrons. The van der Waals surface area contributed by atoms with Crippen molar-refractivity contribution in [1.29, 1.82) is 0 Å². The minimum absolute atomic E-state index is 0.0323. The Balaban J connectivity index is 1.85. The summed E-state index contributed by atoms with van der Waals surface area (Å²) in [7, 11) is 3.17. The van der Waals surface area contributed by atoms with Gasteiger partial charge in [0.25, 0.3) is 5.91 Å². The minimum Gasteiger partial charge on any atom is -0.493 e. The number of aryl methyl sites for hydroxylation is 1. The molecular formula is C20H21N5O4. The van der Waals surface area contributed by atoms with Gasteiger partial charge in [-0.3, -0.25) is 14.3 Å². The first-order valence-electron chi connectivity index (χ1n) is 8.89. The molecule has 0 spiro atoms. The summed E-state index contributed by atoms with van der Waals surface area (Å²) in [6.07, 6.45) is 1.40. The number of pyridine rings is 1. The Kier molecular flexibility index (Phi) is 5.87. The van der Waals surface area contributed by atoms with E-state index in [4.69, 9.17) is 9.47 Å². The summed E-state index contributed by atoms with van der Waals surface area (Å²) in [4.78, 5) is 32.8. The second-order valence-electron chi connectivity index (χ2n) is 6.26. The van der Waals surface area contributed by atoms with E-state index >= 15 is 0 Å². The van der Waals surface area contributed by atoms with Crippen LogP contribution in [0.3, 0.4) is 0 Å². The van der Waals surface area contributed by atoms with Crippen LogP contribution in [-0.4, -0.2) is 38.7 Å². The number of carbonyl (C=O) groups excluding carboxylic acids is 2. The highest BCUT2D eigenvalue weighted by atomic mass is 16.6. The molecule has 0 aliphatic rings. The predicted octanol–water partition coefficient (Wildman–Crippen LogP) is 2.30. The van der Waals surface area contributed by atoms with Gasteiger partial charge in [0.15, 0.2) is 17.3 Å². The molecular weight excluding hydrogens is 374 g/mol. The van der Waals surface area contributed by atoms with E-state index in [0.29, 0.717) is 11.6 Å². The van der Waals surface area contributed by atoms with Crippen LogP contribution < -0.4 is 14.8 Å². The smallest absolute Gasteiger partial charge is 0.308 e. The number of aromatic nitrogens is 4. The summed E-state index contributed by atoms with van der Waals surface area (Å²) >= 11 is 0. The predicted molar refractivity (Wildman–Crippen MR) is 104 cm³/mol. The second-order valence-corrected chi connectivity index (χ2v) is 6.26. The monoisotopic (exact) mass is 395 g/mol. The molecule has 1 N–H and O–H groups in total. The van der Waals surface area contributed by atoms with Crippen LogP contribution in [0, 0.1) is 0 Å². The topological polar surface area (TPSA) is 108 Å². The van der Waals surface area contributed by atoms with E-state index in [0.717, 1.165) is 5.56 Å². The van der Waals surface area contributed by atoms with Gasteiger partial charge in [0.1, 0.15) is 5.82 Å². The summed E-state index contributed by atoms with van der Waals surface area (Å²) in [5, 5.41) is 7.23. The molecule has 1 atom stereocenters. The van der Waals surface area contributed by atoms with Crippen molar-refractivity contribution < 1.29 is 19.1 Å². The Labute approximate surface area is 167 Å². The van der Waals surface area contributed by atoms with Crippen molar-refractivity contribution >= 4 is 11.9 Å². The van der Waals surface area contributed by atoms with Crippen molar-refractivity contribution in [1.82, 2.24) is 25.1 Å². The molecule has 0 bridgehead atoms. The molecule has 2 heterocycles. The lowest BCUT2D eigenvalue weighted by Crippen LogP contribution is -2.30. The van der Waals surface area contributed by atoms with E-state index in [1.165, 1.54) is 26.3 Å². The molecule has 0 aliphatic carbocycles. The van der Waals surface area contributed by atoms with Crippen molar-refractivity contribution in [3.63, 3.8) is 0 Å². The molecule has 0 fully saturated rings. The third kappa shape index (κ3) is 4.40. The van der Waals surface area contributed by atoms with E-state index in [9.17, 15) is 9.59 Å². The van der Waals surface area contributed by atoms with Crippen molar-refractivity contribution in [3.8, 4) is 22.9 Å². The van der Waals surface area contributed by atoms with Gasteiger partial charge in [-0.25, -0.2) is 9.97 Å². The van der Waals surface area contributed by atoms with Crippen LogP contribution in [0.5, 0.6) is 11.5 Å². The molecule has 29 heavy (non-hydrogen) atoms. The first-order valence-corrected chi connectivity index (χ1v) is 8.89. The lowest BCUT2D eigenvalue weighted by Gasteiger charge is -2.15. The van der Waals surface area contributed by atoms with Crippen LogP contribution in [0.15, 0.2) is 42.6 Å². The quantitative estimate of drug-likeness (QED) is 0.638. The molecule has 1 aromatic carbocycles. The van der Waals surface area contributed by atoms with Crippen LogP contribution in [0.4, 0.5) is 0 Å². The minimum atomic E-state index is -0.584. The summed E-state index contributed by atoms with van der Waals surface area (Å²) in [6.45, 7) is 3.02. The van der Waals surface area contributed by atoms with Crippen molar-refractivity contribution in [2.75, 3.05) is 7.11 Å². The van der Waals surface area contributed by atoms with Gasteiger partial charge in [-0.05, 0) is 6.92 Å². The molecule has 3 aromatic rings. The van der Waals surface area contributed by atoms with E-state index in [2.05, 4.69) is 20.4 Å². The highest BCUT2D eigenvalue weighted by Crippen LogP contribution is 2.30. The molecule has 2 aromatic heterocycles. The van der Waals surface area contributed by atoms with Crippen LogP contribution >= 0.6 is 0 Å². The molecule has 0 unspecified atom stereocenters. The fourth-order valence-electron chi connectivity index (χ4n) is 2.81. The maximum Gasteiger partial charge on any atom is 0.308 e. The van der Waals surface area contributed by atoms with Gasteiger partial charge in [-0.15, -0.1) is 0 Å². The number of nitrogens with zero attached hydrogens (tertiary/aromatic N) is 4. The molecule has 1 amide bonds. The number of nitrogens with one attached hydrogen (secondary N) is 1. The summed E-state index contributed by atoms with van der Waals surface area (Å²) in [6, 6.07) is 10.6. The van der Waals surface area contributed by atoms with Gasteiger partial charge in [-0.1, -0.05) is 30.3 Å². The molecule has 0 saturated heterocycles. The Hall–Kier alpha value is -3.75. The molecule has 0 radical (unpaired) electrons. The van der Waals surface area contributed by atoms with Crippen LogP contribution in [0.2, 0.25) is 0 Å². The first kappa shape index (κ1) is 20.0. The summed E-state index contributed by atoms with van der Waals surface area (Å²) < 4.78 is 11.9. The van der Waals surface area contributed by atoms with E-state index in [1.54, 1.807) is 18.7 Å². The zero-order valence-electron chi connectivity index (χ0n) is 16.5. The SMILES string of the molecule is COc1ccnc(C(=O)N[C@@H](C)c2nc(-c3ccccc3)nn2C)c1OC(C)=O. The van der Waals surface area contributed by atoms with Gasteiger partial charge in [0, 0.05) is 31.8 Å². The highest BCUT2D eigenvalue weighted by molar-refractivity contribution is 5.96. The highest BCUT2D eigenvalue weighted by Gasteiger charge is 2.24. The van der Waals surface area contributed by atoms with E-state index in [-0.39, 0.29) is 17.2 Å². The number of hydrogen-bond donors (Lipinski definition) is 1. The zero-order chi connectivity index (χ0) is 21.0. The summed E-state index contributed by atoms with van der Waals surface area (Å²) in [5.41, 5.74) is 0.816. The fraction of sp³-hybridized carbons (Fsp3) is 0.250. The van der Waals surface area contributed by atoms with Gasteiger partial charge < -0.3 is 14.8 Å². The maximum absolute atomic E-state index is 12.8. The van der Waals surface area contributed by atoms with Gasteiger partial charge in [-0.2, -0.15) is 5.10 Å². The lowest BCUT2D eigenvalue weighted by molar-refractivity contribution is -0.132. The van der Waals surface area contributed by atoms with Crippen LogP contribution in [0.1, 0.15) is 36.2 Å². The Morgan fingerprint density at radius 2 is 1.90 bits per heavy atom. The largest absolute Gasteiger partial charge is 0.493 e. The maximum atomic E-state index is 12.8. The molecule has 0 saturated carbocycles. The number of amides is 1. The van der Waals surface area contributed by atoms with Gasteiger partial charge in [0.05, 0.1) is 13.2 Å². The normalized spacial score (nSPS) is 11.6. The fourth-order valence-corrected chi connectivity index (χ4v) is 2.81. The Morgan fingerprint density at radius 3 is 2.55 bits per heavy atom. The number of rotatable bonds is 6. The standard InChI is InChI=1S/C20H21N5O4/c1-12(19-23-18(24-25(19)3)14-8-6-5-7-9-14)22-20(27)16-17(29-13(2)26)15(28-4)10-11-21-16/h5-12H,1-4H3,(H,22,27)/t12-/m0/s1. The van der Waals surface area contributed by atoms with E-state index in [1.807, 2.05) is 30.3 Å². The van der Waals surface area contributed by atoms with Crippen molar-refractivity contribution in [2.24, 2.45) is 7.05 Å². The zero-order valence-corrected chi connectivity index (χ0v) is 16.5. The van der Waals surface area contributed by atoms with Gasteiger partial charge in [0.2, 0.25) is 5.75 Å². The lowest BCUT2D eigenvalue weighted by atomic mass is 10.2. The number of methoxy groups -OCH3 is 1. The molecule has 9 heteroatoms. The average molecular weight is 395 g/mol. The van der Waals surface area contributed by atoms with Crippen LogP contribution in [-0.2, 0) is 11.8 Å². The number of hydrogen-bond acceptors (Lipinski definition) is 7. The molecule has 3 rings (SSSR count). The third-order valence-corrected chi connectivity index (χ3v) is 4.11. The van der Waals surface area contributed by atoms with E-state index < -0.39 is 17.9 Å². The second kappa shape index (κ2) is 8.51. The Bertz CT molecular complexity index is 1030. The molecule has 9 nitrogen and oxygen atoms in total. The number of esters is 1. The molecule has 0 aliphatic heterocycles. The number of benzene rings is 1. The third-order valence-electron chi connectivity index (χ3n) is 4.11. The number of ether oxygens (including phenoxy) is 2. The first-order chi connectivity index (χ1) is 13.9. The van der Waals surface area contributed by atoms with Crippen LogP contribution in [0.25, 0.3) is 11.4 Å². The average Bonchev–Trinajstić information content (AvgIpc) is 3.10. The van der Waals surface area contributed by atoms with Crippen molar-refractivity contribution in [3.05, 3.63) is 54.1 Å².